The number of fused-ring (bicyclic) bond motifs is 1. The zero-order valence-corrected chi connectivity index (χ0v) is 18.9. The molecule has 0 unspecified atom stereocenters. The van der Waals surface area contributed by atoms with Gasteiger partial charge in [0, 0.05) is 16.8 Å². The molecule has 4 aromatic rings. The monoisotopic (exact) mass is 428 g/mol. The smallest absolute Gasteiger partial charge is 0.255 e. The SMILES string of the molecule is CC[C@@H](C)Oc1cccc(C(=O)Nc2ccc3oc(-c4ccc(C(C)C)cc4)nc3c2)c1. The van der Waals surface area contributed by atoms with E-state index >= 15 is 0 Å². The number of carbonyl (C=O) groups excluding carboxylic acids is 1. The molecule has 0 radical (unpaired) electrons. The lowest BCUT2D eigenvalue weighted by atomic mass is 10.0. The first-order valence-electron chi connectivity index (χ1n) is 11.0. The Morgan fingerprint density at radius 3 is 2.53 bits per heavy atom. The topological polar surface area (TPSA) is 64.4 Å². The minimum Gasteiger partial charge on any atom is -0.491 e. The molecule has 164 valence electrons. The summed E-state index contributed by atoms with van der Waals surface area (Å²) < 4.78 is 11.7. The standard InChI is InChI=1S/C27H28N2O3/c1-5-18(4)31-23-8-6-7-21(15-23)26(30)28-22-13-14-25-24(16-22)29-27(32-25)20-11-9-19(10-12-20)17(2)3/h6-18H,5H2,1-4H3,(H,28,30)/t18-/m1/s1. The fourth-order valence-electron chi connectivity index (χ4n) is 3.37. The van der Waals surface area contributed by atoms with Crippen molar-refractivity contribution in [1.82, 2.24) is 4.98 Å². The van der Waals surface area contributed by atoms with Crippen LogP contribution in [0.3, 0.4) is 0 Å². The quantitative estimate of drug-likeness (QED) is 0.343. The normalized spacial score (nSPS) is 12.2. The van der Waals surface area contributed by atoms with Gasteiger partial charge in [0.05, 0.1) is 6.10 Å². The Hall–Kier alpha value is -3.60. The Morgan fingerprint density at radius 1 is 1.03 bits per heavy atom. The maximum absolute atomic E-state index is 12.8. The van der Waals surface area contributed by atoms with Gasteiger partial charge in [-0.1, -0.05) is 39.0 Å². The first kappa shape index (κ1) is 21.6. The Morgan fingerprint density at radius 2 is 1.81 bits per heavy atom. The summed E-state index contributed by atoms with van der Waals surface area (Å²) in [6, 6.07) is 20.9. The number of nitrogens with one attached hydrogen (secondary N) is 1. The molecule has 1 aromatic heterocycles. The van der Waals surface area contributed by atoms with Crippen molar-refractivity contribution in [3.8, 4) is 17.2 Å². The first-order chi connectivity index (χ1) is 15.4. The van der Waals surface area contributed by atoms with Crippen LogP contribution in [0.1, 0.15) is 56.0 Å². The van der Waals surface area contributed by atoms with Crippen LogP contribution in [0.15, 0.2) is 71.1 Å². The van der Waals surface area contributed by atoms with Crippen LogP contribution in [-0.4, -0.2) is 17.0 Å². The maximum atomic E-state index is 12.8. The largest absolute Gasteiger partial charge is 0.491 e. The average Bonchev–Trinajstić information content (AvgIpc) is 3.22. The van der Waals surface area contributed by atoms with Crippen LogP contribution >= 0.6 is 0 Å². The lowest BCUT2D eigenvalue weighted by Gasteiger charge is -2.13. The van der Waals surface area contributed by atoms with Gasteiger partial charge in [-0.15, -0.1) is 0 Å². The predicted molar refractivity (Wildman–Crippen MR) is 128 cm³/mol. The molecular weight excluding hydrogens is 400 g/mol. The summed E-state index contributed by atoms with van der Waals surface area (Å²) >= 11 is 0. The molecule has 0 saturated carbocycles. The summed E-state index contributed by atoms with van der Waals surface area (Å²) in [6.07, 6.45) is 0.997. The number of hydrogen-bond acceptors (Lipinski definition) is 4. The molecule has 0 aliphatic heterocycles. The van der Waals surface area contributed by atoms with Crippen LogP contribution in [0.5, 0.6) is 5.75 Å². The molecule has 1 heterocycles. The van der Waals surface area contributed by atoms with Crippen molar-refractivity contribution in [3.05, 3.63) is 77.9 Å². The van der Waals surface area contributed by atoms with Gasteiger partial charge in [0.1, 0.15) is 11.3 Å². The second kappa shape index (κ2) is 9.27. The summed E-state index contributed by atoms with van der Waals surface area (Å²) in [5.41, 5.74) is 4.76. The van der Waals surface area contributed by atoms with E-state index in [1.165, 1.54) is 5.56 Å². The second-order valence-corrected chi connectivity index (χ2v) is 8.30. The summed E-state index contributed by atoms with van der Waals surface area (Å²) in [4.78, 5) is 17.4. The molecule has 1 atom stereocenters. The third kappa shape index (κ3) is 4.83. The van der Waals surface area contributed by atoms with Crippen LogP contribution in [-0.2, 0) is 0 Å². The molecule has 0 fully saturated rings. The van der Waals surface area contributed by atoms with Crippen molar-refractivity contribution in [2.24, 2.45) is 0 Å². The average molecular weight is 429 g/mol. The minimum atomic E-state index is -0.202. The predicted octanol–water partition coefficient (Wildman–Crippen LogP) is 7.05. The van der Waals surface area contributed by atoms with Gasteiger partial charge < -0.3 is 14.5 Å². The van der Waals surface area contributed by atoms with Crippen molar-refractivity contribution < 1.29 is 13.9 Å². The van der Waals surface area contributed by atoms with Crippen molar-refractivity contribution in [1.29, 1.82) is 0 Å². The second-order valence-electron chi connectivity index (χ2n) is 8.30. The fourth-order valence-corrected chi connectivity index (χ4v) is 3.37. The highest BCUT2D eigenvalue weighted by Crippen LogP contribution is 2.28. The summed E-state index contributed by atoms with van der Waals surface area (Å²) in [5.74, 6) is 1.52. The number of carbonyl (C=O) groups is 1. The molecule has 4 rings (SSSR count). The molecule has 32 heavy (non-hydrogen) atoms. The van der Waals surface area contributed by atoms with Crippen LogP contribution in [0.2, 0.25) is 0 Å². The number of aromatic nitrogens is 1. The van der Waals surface area contributed by atoms with Crippen molar-refractivity contribution in [2.75, 3.05) is 5.32 Å². The van der Waals surface area contributed by atoms with E-state index in [-0.39, 0.29) is 12.0 Å². The Kier molecular flexibility index (Phi) is 6.26. The molecule has 1 amide bonds. The number of hydrogen-bond donors (Lipinski definition) is 1. The highest BCUT2D eigenvalue weighted by Gasteiger charge is 2.12. The van der Waals surface area contributed by atoms with Crippen molar-refractivity contribution >= 4 is 22.7 Å². The van der Waals surface area contributed by atoms with Crippen LogP contribution in [0.4, 0.5) is 5.69 Å². The van der Waals surface area contributed by atoms with Gasteiger partial charge in [0.15, 0.2) is 5.58 Å². The Labute approximate surface area is 188 Å². The van der Waals surface area contributed by atoms with Gasteiger partial charge in [-0.2, -0.15) is 0 Å². The van der Waals surface area contributed by atoms with E-state index in [1.54, 1.807) is 12.1 Å². The molecule has 0 aliphatic rings. The number of amides is 1. The number of oxazole rings is 1. The molecule has 3 aromatic carbocycles. The van der Waals surface area contributed by atoms with Gasteiger partial charge in [0.2, 0.25) is 5.89 Å². The highest BCUT2D eigenvalue weighted by atomic mass is 16.5. The van der Waals surface area contributed by atoms with Crippen LogP contribution in [0, 0.1) is 0 Å². The zero-order chi connectivity index (χ0) is 22.7. The summed E-state index contributed by atoms with van der Waals surface area (Å²) in [7, 11) is 0. The van der Waals surface area contributed by atoms with Crippen LogP contribution in [0.25, 0.3) is 22.6 Å². The van der Waals surface area contributed by atoms with Crippen molar-refractivity contribution in [3.63, 3.8) is 0 Å². The minimum absolute atomic E-state index is 0.0960. The Bertz CT molecular complexity index is 1230. The lowest BCUT2D eigenvalue weighted by Crippen LogP contribution is -2.13. The van der Waals surface area contributed by atoms with E-state index in [9.17, 15) is 4.79 Å². The lowest BCUT2D eigenvalue weighted by molar-refractivity contribution is 0.102. The number of anilines is 1. The third-order valence-corrected chi connectivity index (χ3v) is 5.48. The zero-order valence-electron chi connectivity index (χ0n) is 18.9. The summed E-state index contributed by atoms with van der Waals surface area (Å²) in [6.45, 7) is 8.40. The van der Waals surface area contributed by atoms with Gasteiger partial charge >= 0.3 is 0 Å². The molecule has 0 saturated heterocycles. The molecule has 0 aliphatic carbocycles. The van der Waals surface area contributed by atoms with Crippen LogP contribution < -0.4 is 10.1 Å². The van der Waals surface area contributed by atoms with E-state index in [2.05, 4.69) is 43.2 Å². The van der Waals surface area contributed by atoms with E-state index in [4.69, 9.17) is 9.15 Å². The van der Waals surface area contributed by atoms with Gasteiger partial charge in [-0.25, -0.2) is 4.98 Å². The molecular formula is C27H28N2O3. The van der Waals surface area contributed by atoms with Gasteiger partial charge in [-0.3, -0.25) is 4.79 Å². The molecule has 5 nitrogen and oxygen atoms in total. The first-order valence-corrected chi connectivity index (χ1v) is 11.0. The molecule has 0 spiro atoms. The van der Waals surface area contributed by atoms with E-state index in [1.807, 2.05) is 49.4 Å². The third-order valence-electron chi connectivity index (χ3n) is 5.48. The molecule has 1 N–H and O–H groups in total. The Balaban J connectivity index is 1.52. The highest BCUT2D eigenvalue weighted by molar-refractivity contribution is 6.05. The number of benzene rings is 3. The summed E-state index contributed by atoms with van der Waals surface area (Å²) in [5, 5.41) is 2.94. The number of ether oxygens (including phenoxy) is 1. The number of rotatable bonds is 7. The van der Waals surface area contributed by atoms with E-state index < -0.39 is 0 Å². The van der Waals surface area contributed by atoms with Gasteiger partial charge in [-0.05, 0) is 73.4 Å². The molecule has 0 bridgehead atoms. The van der Waals surface area contributed by atoms with Gasteiger partial charge in [0.25, 0.3) is 5.91 Å². The fraction of sp³-hybridized carbons (Fsp3) is 0.259. The van der Waals surface area contributed by atoms with E-state index in [0.29, 0.717) is 39.9 Å². The van der Waals surface area contributed by atoms with Crippen molar-refractivity contribution in [2.45, 2.75) is 46.1 Å². The molecule has 5 heteroatoms. The number of nitrogens with zero attached hydrogens (tertiary/aromatic N) is 1. The maximum Gasteiger partial charge on any atom is 0.255 e. The van der Waals surface area contributed by atoms with E-state index in [0.717, 1.165) is 12.0 Å².